The number of pyridine rings is 1. The molecule has 0 aliphatic heterocycles. The fraction of sp³-hybridized carbons (Fsp3) is 0.308. The molecule has 170 valence electrons. The van der Waals surface area contributed by atoms with E-state index < -0.39 is 11.4 Å². The van der Waals surface area contributed by atoms with Gasteiger partial charge in [0.25, 0.3) is 5.91 Å². The second kappa shape index (κ2) is 9.40. The molecule has 4 rings (SSSR count). The molecule has 0 saturated heterocycles. The van der Waals surface area contributed by atoms with E-state index in [0.29, 0.717) is 13.0 Å². The van der Waals surface area contributed by atoms with Crippen LogP contribution in [0.5, 0.6) is 0 Å². The van der Waals surface area contributed by atoms with Crippen molar-refractivity contribution in [2.75, 3.05) is 6.54 Å². The Morgan fingerprint density at radius 3 is 2.39 bits per heavy atom. The zero-order chi connectivity index (χ0) is 23.4. The molecular weight excluding hydrogens is 416 g/mol. The predicted molar refractivity (Wildman–Crippen MR) is 126 cm³/mol. The molecule has 1 heterocycles. The van der Waals surface area contributed by atoms with E-state index in [1.165, 1.54) is 0 Å². The van der Waals surface area contributed by atoms with E-state index in [4.69, 9.17) is 0 Å². The molecule has 1 aliphatic carbocycles. The average molecular weight is 445 g/mol. The van der Waals surface area contributed by atoms with E-state index in [1.807, 2.05) is 68.4 Å². The van der Waals surface area contributed by atoms with Crippen molar-refractivity contribution in [2.24, 2.45) is 11.8 Å². The van der Waals surface area contributed by atoms with Crippen molar-refractivity contribution < 1.29 is 14.4 Å². The second-order valence-electron chi connectivity index (χ2n) is 8.84. The lowest BCUT2D eigenvalue weighted by Crippen LogP contribution is -2.52. The molecule has 33 heavy (non-hydrogen) atoms. The molecule has 0 spiro atoms. The van der Waals surface area contributed by atoms with Crippen LogP contribution in [0.1, 0.15) is 36.3 Å². The lowest BCUT2D eigenvalue weighted by molar-refractivity contribution is -0.128. The van der Waals surface area contributed by atoms with Crippen molar-refractivity contribution >= 4 is 28.5 Å². The van der Waals surface area contributed by atoms with Gasteiger partial charge in [-0.05, 0) is 35.3 Å². The zero-order valence-corrected chi connectivity index (χ0v) is 18.8. The quantitative estimate of drug-likeness (QED) is 0.497. The number of aromatic nitrogens is 1. The predicted octanol–water partition coefficient (Wildman–Crippen LogP) is 2.81. The van der Waals surface area contributed by atoms with Crippen molar-refractivity contribution in [3.8, 4) is 0 Å². The molecule has 3 aromatic rings. The third-order valence-electron chi connectivity index (χ3n) is 6.17. The van der Waals surface area contributed by atoms with E-state index in [-0.39, 0.29) is 35.9 Å². The number of rotatable bonds is 8. The summed E-state index contributed by atoms with van der Waals surface area (Å²) in [4.78, 5) is 42.6. The highest BCUT2D eigenvalue weighted by molar-refractivity contribution is 6.02. The van der Waals surface area contributed by atoms with Gasteiger partial charge in [0.1, 0.15) is 11.2 Å². The first kappa shape index (κ1) is 22.5. The number of carbonyl (C=O) groups is 3. The Balaban J connectivity index is 1.39. The molecule has 2 atom stereocenters. The number of hydrogen-bond donors (Lipinski definition) is 3. The summed E-state index contributed by atoms with van der Waals surface area (Å²) in [5.41, 5.74) is 0.208. The Labute approximate surface area is 193 Å². The van der Waals surface area contributed by atoms with Crippen molar-refractivity contribution in [1.29, 1.82) is 0 Å². The molecule has 0 radical (unpaired) electrons. The standard InChI is InChI=1S/C26H28N4O3/c1-17(2)21-13-26(21,25(33)29-16-23(31)28-14-18-8-4-3-5-9-18)30-24(32)22-12-19-10-6-7-11-20(19)15-27-22/h3-12,15,17,21H,13-14,16H2,1-2H3,(H,28,31)(H,29,33)(H,30,32)/t21-,26?/m0/s1. The van der Waals surface area contributed by atoms with Gasteiger partial charge in [0.05, 0.1) is 6.54 Å². The Hall–Kier alpha value is -3.74. The normalized spacial score (nSPS) is 19.2. The molecule has 7 heteroatoms. The topological polar surface area (TPSA) is 100 Å². The maximum atomic E-state index is 13.1. The smallest absolute Gasteiger partial charge is 0.270 e. The van der Waals surface area contributed by atoms with Crippen LogP contribution in [0.2, 0.25) is 0 Å². The molecule has 1 fully saturated rings. The summed E-state index contributed by atoms with van der Waals surface area (Å²) in [6, 6.07) is 18.9. The van der Waals surface area contributed by atoms with Gasteiger partial charge in [0, 0.05) is 18.1 Å². The molecule has 1 aliphatic rings. The van der Waals surface area contributed by atoms with Gasteiger partial charge >= 0.3 is 0 Å². The van der Waals surface area contributed by atoms with Crippen molar-refractivity contribution in [3.05, 3.63) is 78.1 Å². The summed E-state index contributed by atoms with van der Waals surface area (Å²) in [5.74, 6) is -0.828. The van der Waals surface area contributed by atoms with E-state index >= 15 is 0 Å². The first-order valence-electron chi connectivity index (χ1n) is 11.2. The fourth-order valence-electron chi connectivity index (χ4n) is 4.21. The molecule has 1 aromatic heterocycles. The average Bonchev–Trinajstić information content (AvgIpc) is 3.57. The van der Waals surface area contributed by atoms with Gasteiger partial charge in [-0.3, -0.25) is 19.4 Å². The van der Waals surface area contributed by atoms with Crippen LogP contribution in [0.25, 0.3) is 10.8 Å². The monoisotopic (exact) mass is 444 g/mol. The Morgan fingerprint density at radius 1 is 1.00 bits per heavy atom. The van der Waals surface area contributed by atoms with Crippen LogP contribution in [0.4, 0.5) is 0 Å². The number of nitrogens with zero attached hydrogens (tertiary/aromatic N) is 1. The summed E-state index contributed by atoms with van der Waals surface area (Å²) >= 11 is 0. The fourth-order valence-corrected chi connectivity index (χ4v) is 4.21. The highest BCUT2D eigenvalue weighted by Crippen LogP contribution is 2.48. The molecule has 3 N–H and O–H groups in total. The van der Waals surface area contributed by atoms with Gasteiger partial charge in [-0.15, -0.1) is 0 Å². The van der Waals surface area contributed by atoms with Crippen molar-refractivity contribution in [2.45, 2.75) is 32.4 Å². The number of fused-ring (bicyclic) bond motifs is 1. The minimum absolute atomic E-state index is 0.00529. The van der Waals surface area contributed by atoms with Gasteiger partial charge in [-0.25, -0.2) is 0 Å². The summed E-state index contributed by atoms with van der Waals surface area (Å²) in [7, 11) is 0. The van der Waals surface area contributed by atoms with Crippen LogP contribution < -0.4 is 16.0 Å². The van der Waals surface area contributed by atoms with Crippen LogP contribution in [0, 0.1) is 11.8 Å². The third-order valence-corrected chi connectivity index (χ3v) is 6.17. The number of nitrogens with one attached hydrogen (secondary N) is 3. The minimum atomic E-state index is -1.03. The number of hydrogen-bond acceptors (Lipinski definition) is 4. The van der Waals surface area contributed by atoms with Crippen LogP contribution >= 0.6 is 0 Å². The van der Waals surface area contributed by atoms with Crippen molar-refractivity contribution in [3.63, 3.8) is 0 Å². The molecule has 0 bridgehead atoms. The van der Waals surface area contributed by atoms with Gasteiger partial charge in [-0.2, -0.15) is 0 Å². The molecular formula is C26H28N4O3. The highest BCUT2D eigenvalue weighted by atomic mass is 16.2. The second-order valence-corrected chi connectivity index (χ2v) is 8.84. The Bertz CT molecular complexity index is 1180. The van der Waals surface area contributed by atoms with Crippen molar-refractivity contribution in [1.82, 2.24) is 20.9 Å². The number of benzene rings is 2. The maximum absolute atomic E-state index is 13.1. The van der Waals surface area contributed by atoms with Gasteiger partial charge < -0.3 is 16.0 Å². The molecule has 2 aromatic carbocycles. The molecule has 1 saturated carbocycles. The van der Waals surface area contributed by atoms with Gasteiger partial charge in [0.2, 0.25) is 11.8 Å². The van der Waals surface area contributed by atoms with Gasteiger partial charge in [-0.1, -0.05) is 68.4 Å². The van der Waals surface area contributed by atoms with E-state index in [9.17, 15) is 14.4 Å². The first-order valence-corrected chi connectivity index (χ1v) is 11.2. The largest absolute Gasteiger partial charge is 0.350 e. The van der Waals surface area contributed by atoms with E-state index in [0.717, 1.165) is 16.3 Å². The zero-order valence-electron chi connectivity index (χ0n) is 18.8. The highest BCUT2D eigenvalue weighted by Gasteiger charge is 2.62. The Morgan fingerprint density at radius 2 is 1.70 bits per heavy atom. The van der Waals surface area contributed by atoms with Crippen LogP contribution in [-0.2, 0) is 16.1 Å². The maximum Gasteiger partial charge on any atom is 0.270 e. The summed E-state index contributed by atoms with van der Waals surface area (Å²) in [6.45, 7) is 4.28. The van der Waals surface area contributed by atoms with Crippen LogP contribution in [0.3, 0.4) is 0 Å². The number of amides is 3. The molecule has 1 unspecified atom stereocenters. The van der Waals surface area contributed by atoms with Gasteiger partial charge in [0.15, 0.2) is 0 Å². The lowest BCUT2D eigenvalue weighted by atomic mass is 10.0. The van der Waals surface area contributed by atoms with Crippen LogP contribution in [0.15, 0.2) is 66.9 Å². The minimum Gasteiger partial charge on any atom is -0.350 e. The summed E-state index contributed by atoms with van der Waals surface area (Å²) in [5, 5.41) is 10.3. The van der Waals surface area contributed by atoms with E-state index in [1.54, 1.807) is 12.3 Å². The van der Waals surface area contributed by atoms with Crippen LogP contribution in [-0.4, -0.2) is 34.8 Å². The lowest BCUT2D eigenvalue weighted by Gasteiger charge is -2.20. The summed E-state index contributed by atoms with van der Waals surface area (Å²) in [6.07, 6.45) is 2.18. The first-order chi connectivity index (χ1) is 15.9. The molecule has 7 nitrogen and oxygen atoms in total. The van der Waals surface area contributed by atoms with E-state index in [2.05, 4.69) is 20.9 Å². The Kier molecular flexibility index (Phi) is 6.40. The third kappa shape index (κ3) is 5.03. The summed E-state index contributed by atoms with van der Waals surface area (Å²) < 4.78 is 0. The molecule has 3 amide bonds. The number of carbonyl (C=O) groups excluding carboxylic acids is 3. The SMILES string of the molecule is CC(C)[C@@H]1CC1(NC(=O)c1cc2ccccc2cn1)C(=O)NCC(=O)NCc1ccccc1.